The highest BCUT2D eigenvalue weighted by atomic mass is 35.5. The summed E-state index contributed by atoms with van der Waals surface area (Å²) in [5, 5.41) is 4.47. The largest absolute Gasteiger partial charge is 0.312 e. The highest BCUT2D eigenvalue weighted by molar-refractivity contribution is 6.31. The Hall–Kier alpha value is -0.600. The molecule has 1 aliphatic rings. The Labute approximate surface area is 122 Å². The lowest BCUT2D eigenvalue weighted by atomic mass is 9.89. The summed E-state index contributed by atoms with van der Waals surface area (Å²) < 4.78 is 0. The van der Waals surface area contributed by atoms with Crippen molar-refractivity contribution in [3.05, 3.63) is 29.0 Å². The van der Waals surface area contributed by atoms with Gasteiger partial charge in [0.2, 0.25) is 0 Å². The van der Waals surface area contributed by atoms with Crippen LogP contribution in [-0.2, 0) is 6.42 Å². The van der Waals surface area contributed by atoms with Gasteiger partial charge in [0.15, 0.2) is 0 Å². The minimum Gasteiger partial charge on any atom is -0.312 e. The topological polar surface area (TPSA) is 24.9 Å². The van der Waals surface area contributed by atoms with Crippen molar-refractivity contribution in [1.82, 2.24) is 10.3 Å². The van der Waals surface area contributed by atoms with E-state index in [4.69, 9.17) is 11.6 Å². The standard InChI is InChI=1S/C16H25ClN2/c1-16(2,3)19-10-14-6-4-5-12(14)9-13-7-8-18-11-15(13)17/h7-8,11-12,14,19H,4-6,9-10H2,1-3H3. The number of hydrogen-bond acceptors (Lipinski definition) is 2. The van der Waals surface area contributed by atoms with Crippen LogP contribution in [0.25, 0.3) is 0 Å². The van der Waals surface area contributed by atoms with Gasteiger partial charge in [-0.3, -0.25) is 4.98 Å². The van der Waals surface area contributed by atoms with Crippen LogP contribution in [0.5, 0.6) is 0 Å². The molecule has 0 bridgehead atoms. The van der Waals surface area contributed by atoms with E-state index in [1.807, 2.05) is 6.20 Å². The molecule has 2 unspecified atom stereocenters. The van der Waals surface area contributed by atoms with Crippen molar-refractivity contribution >= 4 is 11.6 Å². The molecule has 19 heavy (non-hydrogen) atoms. The first-order valence-corrected chi connectivity index (χ1v) is 7.67. The van der Waals surface area contributed by atoms with Crippen molar-refractivity contribution in [3.63, 3.8) is 0 Å². The number of hydrogen-bond donors (Lipinski definition) is 1. The van der Waals surface area contributed by atoms with Gasteiger partial charge in [-0.1, -0.05) is 18.0 Å². The molecule has 2 atom stereocenters. The van der Waals surface area contributed by atoms with Crippen LogP contribution in [0.2, 0.25) is 5.02 Å². The van der Waals surface area contributed by atoms with Gasteiger partial charge in [-0.2, -0.15) is 0 Å². The lowest BCUT2D eigenvalue weighted by Crippen LogP contribution is -2.40. The lowest BCUT2D eigenvalue weighted by Gasteiger charge is -2.26. The summed E-state index contributed by atoms with van der Waals surface area (Å²) in [6.07, 6.45) is 8.72. The van der Waals surface area contributed by atoms with Gasteiger partial charge in [-0.25, -0.2) is 0 Å². The summed E-state index contributed by atoms with van der Waals surface area (Å²) in [5.41, 5.74) is 1.46. The van der Waals surface area contributed by atoms with Crippen molar-refractivity contribution in [2.45, 2.75) is 52.0 Å². The zero-order valence-electron chi connectivity index (χ0n) is 12.2. The molecule has 1 saturated carbocycles. The molecule has 106 valence electrons. The summed E-state index contributed by atoms with van der Waals surface area (Å²) in [4.78, 5) is 4.06. The van der Waals surface area contributed by atoms with Crippen molar-refractivity contribution in [1.29, 1.82) is 0 Å². The second-order valence-electron chi connectivity index (χ2n) is 6.75. The van der Waals surface area contributed by atoms with Crippen LogP contribution < -0.4 is 5.32 Å². The highest BCUT2D eigenvalue weighted by Crippen LogP contribution is 2.35. The van der Waals surface area contributed by atoms with Crippen molar-refractivity contribution < 1.29 is 0 Å². The van der Waals surface area contributed by atoms with Crippen LogP contribution in [0.3, 0.4) is 0 Å². The monoisotopic (exact) mass is 280 g/mol. The van der Waals surface area contributed by atoms with Crippen LogP contribution >= 0.6 is 11.6 Å². The van der Waals surface area contributed by atoms with E-state index in [-0.39, 0.29) is 5.54 Å². The fourth-order valence-electron chi connectivity index (χ4n) is 2.94. The van der Waals surface area contributed by atoms with E-state index >= 15 is 0 Å². The van der Waals surface area contributed by atoms with Gasteiger partial charge in [-0.05, 0) is 70.0 Å². The molecule has 2 rings (SSSR count). The van der Waals surface area contributed by atoms with Crippen LogP contribution in [0.15, 0.2) is 18.5 Å². The van der Waals surface area contributed by atoms with Crippen LogP contribution in [0, 0.1) is 11.8 Å². The van der Waals surface area contributed by atoms with Crippen molar-refractivity contribution in [2.24, 2.45) is 11.8 Å². The Balaban J connectivity index is 1.94. The first-order chi connectivity index (χ1) is 8.96. The minimum atomic E-state index is 0.210. The normalized spacial score (nSPS) is 23.8. The number of nitrogens with zero attached hydrogens (tertiary/aromatic N) is 1. The maximum absolute atomic E-state index is 6.22. The Morgan fingerprint density at radius 3 is 2.74 bits per heavy atom. The lowest BCUT2D eigenvalue weighted by molar-refractivity contribution is 0.317. The SMILES string of the molecule is CC(C)(C)NCC1CCCC1Cc1ccncc1Cl. The molecule has 0 aromatic carbocycles. The number of nitrogens with one attached hydrogen (secondary N) is 1. The molecule has 0 saturated heterocycles. The molecule has 0 radical (unpaired) electrons. The first-order valence-electron chi connectivity index (χ1n) is 7.29. The summed E-state index contributed by atoms with van der Waals surface area (Å²) in [6.45, 7) is 7.82. The van der Waals surface area contributed by atoms with E-state index in [2.05, 4.69) is 37.1 Å². The fourth-order valence-corrected chi connectivity index (χ4v) is 3.14. The zero-order chi connectivity index (χ0) is 13.9. The van der Waals surface area contributed by atoms with Gasteiger partial charge in [-0.15, -0.1) is 0 Å². The van der Waals surface area contributed by atoms with Crippen molar-refractivity contribution in [3.8, 4) is 0 Å². The van der Waals surface area contributed by atoms with Crippen LogP contribution in [-0.4, -0.2) is 17.1 Å². The minimum absolute atomic E-state index is 0.210. The van der Waals surface area contributed by atoms with Gasteiger partial charge in [0.05, 0.1) is 5.02 Å². The van der Waals surface area contributed by atoms with Crippen LogP contribution in [0.1, 0.15) is 45.6 Å². The number of aromatic nitrogens is 1. The molecular formula is C16H25ClN2. The van der Waals surface area contributed by atoms with E-state index in [0.29, 0.717) is 0 Å². The molecule has 0 amide bonds. The van der Waals surface area contributed by atoms with Gasteiger partial charge < -0.3 is 5.32 Å². The maximum Gasteiger partial charge on any atom is 0.0621 e. The molecule has 0 aliphatic heterocycles. The van der Waals surface area contributed by atoms with Gasteiger partial charge in [0.25, 0.3) is 0 Å². The van der Waals surface area contributed by atoms with Crippen LogP contribution in [0.4, 0.5) is 0 Å². The Morgan fingerprint density at radius 2 is 2.05 bits per heavy atom. The van der Waals surface area contributed by atoms with Gasteiger partial charge >= 0.3 is 0 Å². The summed E-state index contributed by atoms with van der Waals surface area (Å²) in [6, 6.07) is 2.06. The van der Waals surface area contributed by atoms with Crippen molar-refractivity contribution in [2.75, 3.05) is 6.54 Å². The van der Waals surface area contributed by atoms with Gasteiger partial charge in [0.1, 0.15) is 0 Å². The summed E-state index contributed by atoms with van der Waals surface area (Å²) >= 11 is 6.22. The smallest absolute Gasteiger partial charge is 0.0621 e. The predicted molar refractivity (Wildman–Crippen MR) is 81.5 cm³/mol. The zero-order valence-corrected chi connectivity index (χ0v) is 13.0. The predicted octanol–water partition coefficient (Wildman–Crippen LogP) is 4.08. The van der Waals surface area contributed by atoms with E-state index in [9.17, 15) is 0 Å². The summed E-state index contributed by atoms with van der Waals surface area (Å²) in [7, 11) is 0. The third-order valence-corrected chi connectivity index (χ3v) is 4.39. The molecule has 2 nitrogen and oxygen atoms in total. The molecular weight excluding hydrogens is 256 g/mol. The molecule has 1 aromatic rings. The molecule has 0 spiro atoms. The molecule has 1 fully saturated rings. The molecule has 1 aromatic heterocycles. The fraction of sp³-hybridized carbons (Fsp3) is 0.688. The second-order valence-corrected chi connectivity index (χ2v) is 7.16. The third kappa shape index (κ3) is 4.47. The quantitative estimate of drug-likeness (QED) is 0.899. The first kappa shape index (κ1) is 14.8. The Bertz CT molecular complexity index is 411. The average Bonchev–Trinajstić information content (AvgIpc) is 2.76. The average molecular weight is 281 g/mol. The molecule has 1 heterocycles. The van der Waals surface area contributed by atoms with E-state index < -0.39 is 0 Å². The van der Waals surface area contributed by atoms with E-state index in [1.54, 1.807) is 6.20 Å². The second kappa shape index (κ2) is 6.23. The van der Waals surface area contributed by atoms with Gasteiger partial charge in [0, 0.05) is 17.9 Å². The molecule has 1 N–H and O–H groups in total. The number of rotatable bonds is 4. The number of pyridine rings is 1. The van der Waals surface area contributed by atoms with E-state index in [0.717, 1.165) is 29.8 Å². The molecule has 1 aliphatic carbocycles. The third-order valence-electron chi connectivity index (χ3n) is 4.05. The maximum atomic E-state index is 6.22. The van der Waals surface area contributed by atoms with E-state index in [1.165, 1.54) is 24.8 Å². The highest BCUT2D eigenvalue weighted by Gasteiger charge is 2.28. The Morgan fingerprint density at radius 1 is 1.32 bits per heavy atom. The molecule has 3 heteroatoms. The Kier molecular flexibility index (Phi) is 4.86. The summed E-state index contributed by atoms with van der Waals surface area (Å²) in [5.74, 6) is 1.54. The number of halogens is 1.